The molecule has 2 fully saturated rings. The van der Waals surface area contributed by atoms with E-state index in [0.29, 0.717) is 36.2 Å². The third-order valence-electron chi connectivity index (χ3n) is 6.65. The molecule has 128 valence electrons. The van der Waals surface area contributed by atoms with Crippen LogP contribution < -0.4 is 4.74 Å². The van der Waals surface area contributed by atoms with Gasteiger partial charge in [0.1, 0.15) is 11.5 Å². The van der Waals surface area contributed by atoms with Crippen LogP contribution in [0.1, 0.15) is 56.6 Å². The van der Waals surface area contributed by atoms with E-state index in [2.05, 4.69) is 6.92 Å². The van der Waals surface area contributed by atoms with Crippen LogP contribution in [0, 0.1) is 17.3 Å². The van der Waals surface area contributed by atoms with Crippen molar-refractivity contribution in [3.8, 4) is 5.75 Å². The highest BCUT2D eigenvalue weighted by Crippen LogP contribution is 2.59. The number of rotatable bonds is 1. The first-order valence-electron chi connectivity index (χ1n) is 8.93. The summed E-state index contributed by atoms with van der Waals surface area (Å²) in [5.74, 6) is 1.45. The van der Waals surface area contributed by atoms with Gasteiger partial charge in [0.05, 0.1) is 6.10 Å². The molecule has 0 saturated heterocycles. The molecule has 5 unspecified atom stereocenters. The fourth-order valence-corrected chi connectivity index (χ4v) is 5.64. The molecule has 0 heterocycles. The Balaban J connectivity index is 1.70. The maximum absolute atomic E-state index is 12.4. The zero-order valence-corrected chi connectivity index (χ0v) is 14.2. The number of hydrogen-bond acceptors (Lipinski definition) is 4. The molecule has 4 heteroatoms. The van der Waals surface area contributed by atoms with E-state index in [9.17, 15) is 14.7 Å². The summed E-state index contributed by atoms with van der Waals surface area (Å²) in [6.45, 7) is 3.46. The molecule has 24 heavy (non-hydrogen) atoms. The predicted molar refractivity (Wildman–Crippen MR) is 88.8 cm³/mol. The molecule has 5 atom stereocenters. The molecule has 2 saturated carbocycles. The van der Waals surface area contributed by atoms with Gasteiger partial charge in [-0.2, -0.15) is 0 Å². The number of carbonyl (C=O) groups is 2. The normalized spacial score (nSPS) is 37.4. The number of aliphatic hydroxyl groups is 1. The largest absolute Gasteiger partial charge is 0.427 e. The van der Waals surface area contributed by atoms with E-state index in [1.54, 1.807) is 0 Å². The maximum Gasteiger partial charge on any atom is 0.308 e. The van der Waals surface area contributed by atoms with Gasteiger partial charge >= 0.3 is 5.97 Å². The molecule has 4 rings (SSSR count). The number of Topliss-reactive ketones (excluding diaryl/α,β-unsaturated/α-hetero) is 1. The van der Waals surface area contributed by atoms with Crippen molar-refractivity contribution in [1.29, 1.82) is 0 Å². The van der Waals surface area contributed by atoms with Gasteiger partial charge in [0, 0.05) is 24.7 Å². The van der Waals surface area contributed by atoms with Crippen molar-refractivity contribution in [3.63, 3.8) is 0 Å². The molecule has 4 nitrogen and oxygen atoms in total. The van der Waals surface area contributed by atoms with Gasteiger partial charge in [-0.3, -0.25) is 9.59 Å². The van der Waals surface area contributed by atoms with Crippen molar-refractivity contribution in [2.24, 2.45) is 17.3 Å². The molecular weight excluding hydrogens is 304 g/mol. The lowest BCUT2D eigenvalue weighted by atomic mass is 9.54. The summed E-state index contributed by atoms with van der Waals surface area (Å²) < 4.78 is 5.20. The first-order valence-corrected chi connectivity index (χ1v) is 8.93. The number of esters is 1. The average Bonchev–Trinajstić information content (AvgIpc) is 2.81. The topological polar surface area (TPSA) is 63.6 Å². The van der Waals surface area contributed by atoms with E-state index in [-0.39, 0.29) is 17.3 Å². The van der Waals surface area contributed by atoms with Gasteiger partial charge in [-0.1, -0.05) is 13.0 Å². The van der Waals surface area contributed by atoms with Crippen LogP contribution in [0.5, 0.6) is 5.75 Å². The van der Waals surface area contributed by atoms with Gasteiger partial charge in [0.15, 0.2) is 0 Å². The molecule has 1 N–H and O–H groups in total. The minimum Gasteiger partial charge on any atom is -0.427 e. The number of fused-ring (bicyclic) bond motifs is 5. The molecule has 3 aliphatic carbocycles. The Morgan fingerprint density at radius 3 is 2.83 bits per heavy atom. The van der Waals surface area contributed by atoms with Crippen LogP contribution in [0.15, 0.2) is 18.2 Å². The zero-order chi connectivity index (χ0) is 17.1. The third-order valence-corrected chi connectivity index (χ3v) is 6.65. The Morgan fingerprint density at radius 1 is 1.29 bits per heavy atom. The molecule has 0 spiro atoms. The number of ether oxygens (including phenoxy) is 1. The fraction of sp³-hybridized carbons (Fsp3) is 0.600. The van der Waals surface area contributed by atoms with Gasteiger partial charge in [-0.15, -0.1) is 0 Å². The molecule has 0 amide bonds. The van der Waals surface area contributed by atoms with Gasteiger partial charge in [0.25, 0.3) is 0 Å². The van der Waals surface area contributed by atoms with Gasteiger partial charge in [-0.05, 0) is 60.8 Å². The predicted octanol–water partition coefficient (Wildman–Crippen LogP) is 3.01. The monoisotopic (exact) mass is 328 g/mol. The standard InChI is InChI=1S/C20H24O4/c1-11(21)24-13-4-6-14-12(9-13)3-5-15-16-7-8-18(23)20(16,2)10-17(22)19(14)15/h4,6,9,15-17,19,22H,3,5,7-8,10H2,1-2H3. The molecule has 1 aromatic rings. The van der Waals surface area contributed by atoms with E-state index in [4.69, 9.17) is 4.74 Å². The summed E-state index contributed by atoms with van der Waals surface area (Å²) in [6.07, 6.45) is 3.63. The van der Waals surface area contributed by atoms with Gasteiger partial charge < -0.3 is 9.84 Å². The Labute approximate surface area is 142 Å². The van der Waals surface area contributed by atoms with Crippen LogP contribution in [0.4, 0.5) is 0 Å². The minimum absolute atomic E-state index is 0.101. The second-order valence-corrected chi connectivity index (χ2v) is 7.94. The van der Waals surface area contributed by atoms with Gasteiger partial charge in [0.2, 0.25) is 0 Å². The van der Waals surface area contributed by atoms with Gasteiger partial charge in [-0.25, -0.2) is 0 Å². The zero-order valence-electron chi connectivity index (χ0n) is 14.2. The average molecular weight is 328 g/mol. The van der Waals surface area contributed by atoms with E-state index in [1.807, 2.05) is 18.2 Å². The first-order chi connectivity index (χ1) is 11.4. The summed E-state index contributed by atoms with van der Waals surface area (Å²) >= 11 is 0. The van der Waals surface area contributed by atoms with Crippen LogP contribution in [0.25, 0.3) is 0 Å². The lowest BCUT2D eigenvalue weighted by Crippen LogP contribution is -2.48. The van der Waals surface area contributed by atoms with Crippen LogP contribution in [-0.2, 0) is 16.0 Å². The van der Waals surface area contributed by atoms with Crippen LogP contribution in [0.2, 0.25) is 0 Å². The molecule has 1 aromatic carbocycles. The number of benzene rings is 1. The molecule has 0 radical (unpaired) electrons. The molecule has 0 aromatic heterocycles. The minimum atomic E-state index is -0.475. The van der Waals surface area contributed by atoms with Crippen molar-refractivity contribution >= 4 is 11.8 Å². The number of aryl methyl sites for hydroxylation is 1. The Morgan fingerprint density at radius 2 is 2.08 bits per heavy atom. The van der Waals surface area contributed by atoms with E-state index >= 15 is 0 Å². The maximum atomic E-state index is 12.4. The van der Waals surface area contributed by atoms with E-state index < -0.39 is 6.10 Å². The summed E-state index contributed by atoms with van der Waals surface area (Å²) in [7, 11) is 0. The number of hydrogen-bond donors (Lipinski definition) is 1. The molecule has 0 bridgehead atoms. The third kappa shape index (κ3) is 2.23. The smallest absolute Gasteiger partial charge is 0.308 e. The van der Waals surface area contributed by atoms with Crippen LogP contribution in [0.3, 0.4) is 0 Å². The highest BCUT2D eigenvalue weighted by molar-refractivity contribution is 5.87. The lowest BCUT2D eigenvalue weighted by Gasteiger charge is -2.50. The van der Waals surface area contributed by atoms with Crippen molar-refractivity contribution in [1.82, 2.24) is 0 Å². The Bertz CT molecular complexity index is 710. The van der Waals surface area contributed by atoms with Crippen LogP contribution >= 0.6 is 0 Å². The van der Waals surface area contributed by atoms with Crippen molar-refractivity contribution in [2.45, 2.75) is 58.0 Å². The van der Waals surface area contributed by atoms with E-state index in [0.717, 1.165) is 19.3 Å². The summed E-state index contributed by atoms with van der Waals surface area (Å²) in [6, 6.07) is 5.77. The van der Waals surface area contributed by atoms with Crippen molar-refractivity contribution in [3.05, 3.63) is 29.3 Å². The second kappa shape index (κ2) is 5.41. The highest BCUT2D eigenvalue weighted by Gasteiger charge is 2.57. The number of ketones is 1. The fourth-order valence-electron chi connectivity index (χ4n) is 5.64. The number of carbonyl (C=O) groups excluding carboxylic acids is 2. The van der Waals surface area contributed by atoms with Crippen molar-refractivity contribution in [2.75, 3.05) is 0 Å². The van der Waals surface area contributed by atoms with Crippen molar-refractivity contribution < 1.29 is 19.4 Å². The highest BCUT2D eigenvalue weighted by atomic mass is 16.5. The Hall–Kier alpha value is -1.68. The lowest BCUT2D eigenvalue weighted by molar-refractivity contribution is -0.133. The van der Waals surface area contributed by atoms with Crippen LogP contribution in [-0.4, -0.2) is 23.0 Å². The quantitative estimate of drug-likeness (QED) is 0.636. The SMILES string of the molecule is CC(=O)Oc1ccc2c(c1)CCC1C2C(O)CC2(C)C(=O)CCC12. The molecular formula is C20H24O4. The first kappa shape index (κ1) is 15.8. The summed E-state index contributed by atoms with van der Waals surface area (Å²) in [4.78, 5) is 23.5. The molecule has 3 aliphatic rings. The number of aliphatic hydroxyl groups excluding tert-OH is 1. The summed E-state index contributed by atoms with van der Waals surface area (Å²) in [5.41, 5.74) is 2.01. The second-order valence-electron chi connectivity index (χ2n) is 7.94. The molecule has 0 aliphatic heterocycles. The Kier molecular flexibility index (Phi) is 3.57. The van der Waals surface area contributed by atoms with E-state index in [1.165, 1.54) is 18.1 Å². The summed E-state index contributed by atoms with van der Waals surface area (Å²) in [5, 5.41) is 10.9.